The van der Waals surface area contributed by atoms with Gasteiger partial charge in [-0.3, -0.25) is 0 Å². The lowest BCUT2D eigenvalue weighted by atomic mass is 9.88. The first-order chi connectivity index (χ1) is 8.24. The largest absolute Gasteiger partial charge is 0.494 e. The van der Waals surface area contributed by atoms with E-state index in [1.807, 2.05) is 6.07 Å². The van der Waals surface area contributed by atoms with E-state index in [4.69, 9.17) is 15.2 Å². The number of hydrogen-bond donors (Lipinski definition) is 1. The maximum Gasteiger partial charge on any atom is 0.165 e. The smallest absolute Gasteiger partial charge is 0.165 e. The molecule has 1 atom stereocenters. The minimum atomic E-state index is -0.326. The summed E-state index contributed by atoms with van der Waals surface area (Å²) in [5.41, 5.74) is 6.70. The van der Waals surface area contributed by atoms with E-state index in [1.165, 1.54) is 13.2 Å². The Morgan fingerprint density at radius 1 is 1.53 bits per heavy atom. The highest BCUT2D eigenvalue weighted by Gasteiger charge is 2.23. The van der Waals surface area contributed by atoms with E-state index < -0.39 is 0 Å². The summed E-state index contributed by atoms with van der Waals surface area (Å²) in [6.45, 7) is 2.13. The SMILES string of the molecule is COc1ccc(C(CN)CC2COC2)cc1F. The molecule has 4 heteroatoms. The van der Waals surface area contributed by atoms with Crippen molar-refractivity contribution in [3.8, 4) is 5.75 Å². The van der Waals surface area contributed by atoms with Gasteiger partial charge in [0.1, 0.15) is 0 Å². The van der Waals surface area contributed by atoms with Gasteiger partial charge < -0.3 is 15.2 Å². The number of ether oxygens (including phenoxy) is 2. The van der Waals surface area contributed by atoms with Crippen LogP contribution in [0.3, 0.4) is 0 Å². The van der Waals surface area contributed by atoms with Crippen molar-refractivity contribution in [2.24, 2.45) is 11.7 Å². The molecule has 1 aromatic rings. The topological polar surface area (TPSA) is 44.5 Å². The molecular formula is C13H18FNO2. The number of methoxy groups -OCH3 is 1. The third kappa shape index (κ3) is 2.76. The molecule has 0 spiro atoms. The van der Waals surface area contributed by atoms with Crippen LogP contribution in [0.1, 0.15) is 17.9 Å². The Morgan fingerprint density at radius 3 is 2.76 bits per heavy atom. The normalized spacial score (nSPS) is 17.6. The van der Waals surface area contributed by atoms with E-state index in [2.05, 4.69) is 0 Å². The third-order valence-corrected chi connectivity index (χ3v) is 3.26. The molecule has 1 aliphatic rings. The van der Waals surface area contributed by atoms with Gasteiger partial charge in [0.05, 0.1) is 20.3 Å². The summed E-state index contributed by atoms with van der Waals surface area (Å²) >= 11 is 0. The Labute approximate surface area is 101 Å². The summed E-state index contributed by atoms with van der Waals surface area (Å²) in [7, 11) is 1.46. The Hall–Kier alpha value is -1.13. The fraction of sp³-hybridized carbons (Fsp3) is 0.538. The van der Waals surface area contributed by atoms with Crippen LogP contribution in [-0.2, 0) is 4.74 Å². The van der Waals surface area contributed by atoms with Crippen LogP contribution in [-0.4, -0.2) is 26.9 Å². The van der Waals surface area contributed by atoms with Crippen LogP contribution in [0.5, 0.6) is 5.75 Å². The van der Waals surface area contributed by atoms with Crippen molar-refractivity contribution < 1.29 is 13.9 Å². The summed E-state index contributed by atoms with van der Waals surface area (Å²) in [4.78, 5) is 0. The average molecular weight is 239 g/mol. The molecule has 1 heterocycles. The van der Waals surface area contributed by atoms with Crippen molar-refractivity contribution in [2.75, 3.05) is 26.9 Å². The van der Waals surface area contributed by atoms with Gasteiger partial charge >= 0.3 is 0 Å². The van der Waals surface area contributed by atoms with Gasteiger partial charge in [-0.15, -0.1) is 0 Å². The van der Waals surface area contributed by atoms with Crippen LogP contribution in [0.25, 0.3) is 0 Å². The molecule has 94 valence electrons. The highest BCUT2D eigenvalue weighted by atomic mass is 19.1. The lowest BCUT2D eigenvalue weighted by Crippen LogP contribution is -2.30. The third-order valence-electron chi connectivity index (χ3n) is 3.26. The second-order valence-electron chi connectivity index (χ2n) is 4.47. The predicted octanol–water partition coefficient (Wildman–Crippen LogP) is 1.91. The van der Waals surface area contributed by atoms with E-state index in [1.54, 1.807) is 6.07 Å². The van der Waals surface area contributed by atoms with Gasteiger partial charge in [0.25, 0.3) is 0 Å². The molecule has 1 fully saturated rings. The van der Waals surface area contributed by atoms with Gasteiger partial charge in [-0.25, -0.2) is 4.39 Å². The van der Waals surface area contributed by atoms with Crippen molar-refractivity contribution in [1.29, 1.82) is 0 Å². The Morgan fingerprint density at radius 2 is 2.29 bits per heavy atom. The van der Waals surface area contributed by atoms with Gasteiger partial charge in [-0.1, -0.05) is 6.07 Å². The molecule has 2 N–H and O–H groups in total. The van der Waals surface area contributed by atoms with Crippen molar-refractivity contribution in [3.63, 3.8) is 0 Å². The molecule has 0 bridgehead atoms. The molecule has 1 unspecified atom stereocenters. The first-order valence-electron chi connectivity index (χ1n) is 5.85. The Balaban J connectivity index is 2.09. The second kappa shape index (κ2) is 5.47. The van der Waals surface area contributed by atoms with Crippen LogP contribution >= 0.6 is 0 Å². The number of halogens is 1. The standard InChI is InChI=1S/C13H18FNO2/c1-16-13-3-2-10(5-12(13)14)11(6-15)4-9-7-17-8-9/h2-3,5,9,11H,4,6-8,15H2,1H3. The summed E-state index contributed by atoms with van der Waals surface area (Å²) in [5.74, 6) is 0.711. The summed E-state index contributed by atoms with van der Waals surface area (Å²) in [6, 6.07) is 5.07. The van der Waals surface area contributed by atoms with Crippen molar-refractivity contribution >= 4 is 0 Å². The zero-order valence-electron chi connectivity index (χ0n) is 9.99. The van der Waals surface area contributed by atoms with Crippen LogP contribution in [0.2, 0.25) is 0 Å². The molecule has 0 aliphatic carbocycles. The number of benzene rings is 1. The van der Waals surface area contributed by atoms with Gasteiger partial charge in [0, 0.05) is 5.92 Å². The molecule has 17 heavy (non-hydrogen) atoms. The fourth-order valence-electron chi connectivity index (χ4n) is 2.13. The van der Waals surface area contributed by atoms with Gasteiger partial charge in [0.15, 0.2) is 11.6 Å². The molecule has 1 saturated heterocycles. The van der Waals surface area contributed by atoms with Crippen LogP contribution < -0.4 is 10.5 Å². The van der Waals surface area contributed by atoms with Gasteiger partial charge in [-0.2, -0.15) is 0 Å². The lowest BCUT2D eigenvalue weighted by Gasteiger charge is -2.29. The van der Waals surface area contributed by atoms with Crippen molar-refractivity contribution in [1.82, 2.24) is 0 Å². The van der Waals surface area contributed by atoms with E-state index in [0.717, 1.165) is 25.2 Å². The van der Waals surface area contributed by atoms with Crippen LogP contribution in [0.15, 0.2) is 18.2 Å². The summed E-state index contributed by atoms with van der Waals surface area (Å²) < 4.78 is 23.6. The zero-order chi connectivity index (χ0) is 12.3. The fourth-order valence-corrected chi connectivity index (χ4v) is 2.13. The van der Waals surface area contributed by atoms with Crippen molar-refractivity contribution in [2.45, 2.75) is 12.3 Å². The molecule has 0 radical (unpaired) electrons. The highest BCUT2D eigenvalue weighted by Crippen LogP contribution is 2.29. The Kier molecular flexibility index (Phi) is 3.97. The van der Waals surface area contributed by atoms with E-state index in [-0.39, 0.29) is 17.5 Å². The summed E-state index contributed by atoms with van der Waals surface area (Å²) in [5, 5.41) is 0. The van der Waals surface area contributed by atoms with Crippen LogP contribution in [0, 0.1) is 11.7 Å². The number of nitrogens with two attached hydrogens (primary N) is 1. The molecular weight excluding hydrogens is 221 g/mol. The molecule has 1 aliphatic heterocycles. The average Bonchev–Trinajstić information content (AvgIpc) is 2.28. The van der Waals surface area contributed by atoms with Crippen LogP contribution in [0.4, 0.5) is 4.39 Å². The first-order valence-corrected chi connectivity index (χ1v) is 5.85. The minimum absolute atomic E-state index is 0.198. The molecule has 3 nitrogen and oxygen atoms in total. The Bertz CT molecular complexity index is 380. The molecule has 1 aromatic carbocycles. The zero-order valence-corrected chi connectivity index (χ0v) is 9.99. The van der Waals surface area contributed by atoms with E-state index in [9.17, 15) is 4.39 Å². The molecule has 2 rings (SSSR count). The quantitative estimate of drug-likeness (QED) is 0.853. The van der Waals surface area contributed by atoms with E-state index in [0.29, 0.717) is 12.5 Å². The molecule has 0 amide bonds. The van der Waals surface area contributed by atoms with Gasteiger partial charge in [0.2, 0.25) is 0 Å². The number of hydrogen-bond acceptors (Lipinski definition) is 3. The summed E-state index contributed by atoms with van der Waals surface area (Å²) in [6.07, 6.45) is 0.961. The molecule has 0 aromatic heterocycles. The van der Waals surface area contributed by atoms with E-state index >= 15 is 0 Å². The lowest BCUT2D eigenvalue weighted by molar-refractivity contribution is -0.0382. The monoisotopic (exact) mass is 239 g/mol. The highest BCUT2D eigenvalue weighted by molar-refractivity contribution is 5.31. The first kappa shape index (κ1) is 12.3. The van der Waals surface area contributed by atoms with Crippen molar-refractivity contribution in [3.05, 3.63) is 29.6 Å². The maximum absolute atomic E-state index is 13.6. The minimum Gasteiger partial charge on any atom is -0.494 e. The van der Waals surface area contributed by atoms with Gasteiger partial charge in [-0.05, 0) is 36.6 Å². The predicted molar refractivity (Wildman–Crippen MR) is 63.7 cm³/mol. The molecule has 0 saturated carbocycles. The number of rotatable bonds is 5. The second-order valence-corrected chi connectivity index (χ2v) is 4.47. The maximum atomic E-state index is 13.6.